The number of pyridine rings is 1. The van der Waals surface area contributed by atoms with Crippen molar-refractivity contribution in [1.82, 2.24) is 4.98 Å². The molecule has 0 saturated heterocycles. The summed E-state index contributed by atoms with van der Waals surface area (Å²) in [4.78, 5) is 4.52. The Labute approximate surface area is 125 Å². The van der Waals surface area contributed by atoms with E-state index < -0.39 is 0 Å². The van der Waals surface area contributed by atoms with Crippen LogP contribution in [0, 0.1) is 5.92 Å². The van der Waals surface area contributed by atoms with Crippen molar-refractivity contribution in [3.05, 3.63) is 24.4 Å². The van der Waals surface area contributed by atoms with Crippen LogP contribution in [0.5, 0.6) is 11.5 Å². The van der Waals surface area contributed by atoms with E-state index >= 15 is 0 Å². The van der Waals surface area contributed by atoms with Crippen LogP contribution in [0.15, 0.2) is 24.4 Å². The zero-order chi connectivity index (χ0) is 14.8. The second-order valence-electron chi connectivity index (χ2n) is 5.85. The Hall–Kier alpha value is -1.97. The standard InChI is InChI=1S/C17H22N2O2/c1-11-4-5-13(8-11)19-17-14-10-16(21-3)15(20-2)9-12(14)6-7-18-17/h6-7,9-11,13H,4-5,8H2,1-3H3,(H,18,19). The first kappa shape index (κ1) is 14.0. The molecule has 0 amide bonds. The predicted octanol–water partition coefficient (Wildman–Crippen LogP) is 3.85. The summed E-state index contributed by atoms with van der Waals surface area (Å²) in [7, 11) is 3.32. The molecular weight excluding hydrogens is 264 g/mol. The summed E-state index contributed by atoms with van der Waals surface area (Å²) >= 11 is 0. The number of benzene rings is 1. The molecule has 21 heavy (non-hydrogen) atoms. The van der Waals surface area contributed by atoms with Crippen LogP contribution in [-0.2, 0) is 0 Å². The van der Waals surface area contributed by atoms with Crippen LogP contribution in [0.25, 0.3) is 10.8 Å². The van der Waals surface area contributed by atoms with Crippen molar-refractivity contribution in [2.45, 2.75) is 32.2 Å². The third-order valence-electron chi connectivity index (χ3n) is 4.30. The normalized spacial score (nSPS) is 21.5. The van der Waals surface area contributed by atoms with Crippen LogP contribution in [0.1, 0.15) is 26.2 Å². The molecule has 1 saturated carbocycles. The minimum absolute atomic E-state index is 0.520. The molecule has 4 nitrogen and oxygen atoms in total. The van der Waals surface area contributed by atoms with Crippen LogP contribution >= 0.6 is 0 Å². The lowest BCUT2D eigenvalue weighted by Gasteiger charge is -2.16. The lowest BCUT2D eigenvalue weighted by molar-refractivity contribution is 0.356. The SMILES string of the molecule is COc1cc2ccnc(NC3CCC(C)C3)c2cc1OC. The molecule has 1 aliphatic rings. The van der Waals surface area contributed by atoms with E-state index in [4.69, 9.17) is 9.47 Å². The number of methoxy groups -OCH3 is 2. The highest BCUT2D eigenvalue weighted by Gasteiger charge is 2.22. The molecule has 2 unspecified atom stereocenters. The van der Waals surface area contributed by atoms with Gasteiger partial charge in [-0.3, -0.25) is 0 Å². The Morgan fingerprint density at radius 1 is 1.14 bits per heavy atom. The Kier molecular flexibility index (Phi) is 3.86. The summed E-state index contributed by atoms with van der Waals surface area (Å²) in [6.45, 7) is 2.31. The summed E-state index contributed by atoms with van der Waals surface area (Å²) in [5, 5.41) is 5.78. The second kappa shape index (κ2) is 5.80. The van der Waals surface area contributed by atoms with E-state index in [-0.39, 0.29) is 0 Å². The van der Waals surface area contributed by atoms with Gasteiger partial charge in [-0.2, -0.15) is 0 Å². The quantitative estimate of drug-likeness (QED) is 0.927. The maximum Gasteiger partial charge on any atom is 0.161 e. The van der Waals surface area contributed by atoms with Crippen molar-refractivity contribution >= 4 is 16.6 Å². The number of rotatable bonds is 4. The van der Waals surface area contributed by atoms with Gasteiger partial charge in [0.15, 0.2) is 11.5 Å². The van der Waals surface area contributed by atoms with Crippen LogP contribution in [0.2, 0.25) is 0 Å². The first-order chi connectivity index (χ1) is 10.2. The van der Waals surface area contributed by atoms with E-state index in [1.165, 1.54) is 19.3 Å². The molecule has 2 aromatic rings. The van der Waals surface area contributed by atoms with Gasteiger partial charge in [0.05, 0.1) is 14.2 Å². The van der Waals surface area contributed by atoms with Gasteiger partial charge in [-0.05, 0) is 48.8 Å². The summed E-state index contributed by atoms with van der Waals surface area (Å²) < 4.78 is 10.8. The van der Waals surface area contributed by atoms with Crippen molar-refractivity contribution < 1.29 is 9.47 Å². The van der Waals surface area contributed by atoms with Crippen molar-refractivity contribution in [2.75, 3.05) is 19.5 Å². The number of anilines is 1. The highest BCUT2D eigenvalue weighted by Crippen LogP contribution is 2.35. The third kappa shape index (κ3) is 2.75. The molecule has 0 spiro atoms. The molecule has 1 aromatic heterocycles. The van der Waals surface area contributed by atoms with Gasteiger partial charge in [0, 0.05) is 17.6 Å². The second-order valence-corrected chi connectivity index (χ2v) is 5.85. The Morgan fingerprint density at radius 2 is 1.90 bits per heavy atom. The van der Waals surface area contributed by atoms with E-state index in [0.717, 1.165) is 34.0 Å². The molecule has 1 fully saturated rings. The highest BCUT2D eigenvalue weighted by molar-refractivity contribution is 5.94. The zero-order valence-electron chi connectivity index (χ0n) is 12.8. The molecule has 0 bridgehead atoms. The lowest BCUT2D eigenvalue weighted by Crippen LogP contribution is -2.16. The molecule has 1 aliphatic carbocycles. The van der Waals surface area contributed by atoms with Gasteiger partial charge in [0.1, 0.15) is 5.82 Å². The van der Waals surface area contributed by atoms with Crippen LogP contribution in [0.4, 0.5) is 5.82 Å². The Bertz CT molecular complexity index is 642. The molecule has 112 valence electrons. The summed E-state index contributed by atoms with van der Waals surface area (Å²) in [6.07, 6.45) is 5.56. The monoisotopic (exact) mass is 286 g/mol. The van der Waals surface area contributed by atoms with Crippen LogP contribution < -0.4 is 14.8 Å². The molecule has 1 heterocycles. The van der Waals surface area contributed by atoms with Crippen molar-refractivity contribution in [3.8, 4) is 11.5 Å². The lowest BCUT2D eigenvalue weighted by atomic mass is 10.1. The van der Waals surface area contributed by atoms with Gasteiger partial charge in [-0.1, -0.05) is 6.92 Å². The molecule has 0 radical (unpaired) electrons. The Morgan fingerprint density at radius 3 is 2.57 bits per heavy atom. The molecule has 1 N–H and O–H groups in total. The van der Waals surface area contributed by atoms with Crippen molar-refractivity contribution in [2.24, 2.45) is 5.92 Å². The third-order valence-corrected chi connectivity index (χ3v) is 4.30. The fraction of sp³-hybridized carbons (Fsp3) is 0.471. The largest absolute Gasteiger partial charge is 0.493 e. The predicted molar refractivity (Wildman–Crippen MR) is 85.3 cm³/mol. The fourth-order valence-electron chi connectivity index (χ4n) is 3.15. The first-order valence-electron chi connectivity index (χ1n) is 7.48. The number of hydrogen-bond acceptors (Lipinski definition) is 4. The van der Waals surface area contributed by atoms with Crippen molar-refractivity contribution in [1.29, 1.82) is 0 Å². The molecule has 0 aliphatic heterocycles. The van der Waals surface area contributed by atoms with Gasteiger partial charge in [0.25, 0.3) is 0 Å². The van der Waals surface area contributed by atoms with Crippen molar-refractivity contribution in [3.63, 3.8) is 0 Å². The van der Waals surface area contributed by atoms with E-state index in [9.17, 15) is 0 Å². The molecule has 2 atom stereocenters. The van der Waals surface area contributed by atoms with Gasteiger partial charge in [-0.25, -0.2) is 4.98 Å². The Balaban J connectivity index is 1.98. The number of ether oxygens (including phenoxy) is 2. The minimum atomic E-state index is 0.520. The van der Waals surface area contributed by atoms with Gasteiger partial charge >= 0.3 is 0 Å². The molecule has 4 heteroatoms. The molecular formula is C17H22N2O2. The zero-order valence-corrected chi connectivity index (χ0v) is 12.8. The average molecular weight is 286 g/mol. The summed E-state index contributed by atoms with van der Waals surface area (Å²) in [5.41, 5.74) is 0. The van der Waals surface area contributed by atoms with E-state index in [0.29, 0.717) is 6.04 Å². The number of nitrogens with zero attached hydrogens (tertiary/aromatic N) is 1. The molecule has 3 rings (SSSR count). The summed E-state index contributed by atoms with van der Waals surface area (Å²) in [5.74, 6) is 3.22. The van der Waals surface area contributed by atoms with Crippen LogP contribution in [0.3, 0.4) is 0 Å². The minimum Gasteiger partial charge on any atom is -0.493 e. The highest BCUT2D eigenvalue weighted by atomic mass is 16.5. The fourth-order valence-corrected chi connectivity index (χ4v) is 3.15. The van der Waals surface area contributed by atoms with Crippen LogP contribution in [-0.4, -0.2) is 25.2 Å². The van der Waals surface area contributed by atoms with Gasteiger partial charge in [0.2, 0.25) is 0 Å². The maximum atomic E-state index is 5.41. The first-order valence-corrected chi connectivity index (χ1v) is 7.48. The van der Waals surface area contributed by atoms with E-state index in [1.807, 2.05) is 24.4 Å². The van der Waals surface area contributed by atoms with E-state index in [1.54, 1.807) is 14.2 Å². The smallest absolute Gasteiger partial charge is 0.161 e. The topological polar surface area (TPSA) is 43.4 Å². The average Bonchev–Trinajstić information content (AvgIpc) is 2.91. The summed E-state index contributed by atoms with van der Waals surface area (Å²) in [6, 6.07) is 6.52. The maximum absolute atomic E-state index is 5.41. The van der Waals surface area contributed by atoms with E-state index in [2.05, 4.69) is 17.2 Å². The molecule has 1 aromatic carbocycles. The number of fused-ring (bicyclic) bond motifs is 1. The number of aromatic nitrogens is 1. The van der Waals surface area contributed by atoms with Gasteiger partial charge in [-0.15, -0.1) is 0 Å². The number of hydrogen-bond donors (Lipinski definition) is 1. The van der Waals surface area contributed by atoms with Gasteiger partial charge < -0.3 is 14.8 Å². The number of nitrogens with one attached hydrogen (secondary N) is 1.